The predicted molar refractivity (Wildman–Crippen MR) is 103 cm³/mol. The minimum absolute atomic E-state index is 0.217. The molecule has 0 aromatic heterocycles. The molecule has 0 unspecified atom stereocenters. The molecule has 7 nitrogen and oxygen atoms in total. The minimum atomic E-state index is -1.81. The molecule has 0 aliphatic carbocycles. The van der Waals surface area contributed by atoms with E-state index in [2.05, 4.69) is 12.2 Å². The van der Waals surface area contributed by atoms with Gasteiger partial charge in [0.1, 0.15) is 24.4 Å². The third-order valence-corrected chi connectivity index (χ3v) is 5.34. The summed E-state index contributed by atoms with van der Waals surface area (Å²) in [6.45, 7) is 2.96. The molecule has 1 amide bonds. The number of carbonyl (C=O) groups excluding carboxylic acids is 1. The number of carbonyl (C=O) groups is 1. The van der Waals surface area contributed by atoms with Crippen molar-refractivity contribution in [2.45, 2.75) is 115 Å². The molecule has 0 spiro atoms. The van der Waals surface area contributed by atoms with Crippen LogP contribution in [0.15, 0.2) is 0 Å². The van der Waals surface area contributed by atoms with Crippen LogP contribution < -0.4 is 5.32 Å². The molecular formula is C20H39NO6. The van der Waals surface area contributed by atoms with Gasteiger partial charge in [-0.05, 0) is 6.42 Å². The largest absolute Gasteiger partial charge is 0.394 e. The zero-order valence-electron chi connectivity index (χ0n) is 16.9. The van der Waals surface area contributed by atoms with Gasteiger partial charge >= 0.3 is 0 Å². The highest BCUT2D eigenvalue weighted by molar-refractivity contribution is 5.73. The van der Waals surface area contributed by atoms with Crippen molar-refractivity contribution in [3.63, 3.8) is 0 Å². The summed E-state index contributed by atoms with van der Waals surface area (Å²) in [5.74, 6) is -2.24. The molecule has 7 heteroatoms. The number of hydrogen-bond donors (Lipinski definition) is 5. The first-order valence-corrected chi connectivity index (χ1v) is 10.5. The van der Waals surface area contributed by atoms with E-state index in [9.17, 15) is 25.2 Å². The van der Waals surface area contributed by atoms with Gasteiger partial charge in [-0.25, -0.2) is 0 Å². The van der Waals surface area contributed by atoms with E-state index in [1.54, 1.807) is 0 Å². The zero-order chi connectivity index (χ0) is 20.3. The van der Waals surface area contributed by atoms with Gasteiger partial charge in [0.05, 0.1) is 6.61 Å². The number of aliphatic hydroxyl groups is 4. The third kappa shape index (κ3) is 8.03. The summed E-state index contributed by atoms with van der Waals surface area (Å²) in [7, 11) is 0. The Labute approximate surface area is 163 Å². The Kier molecular flexibility index (Phi) is 11.4. The van der Waals surface area contributed by atoms with Gasteiger partial charge in [-0.15, -0.1) is 0 Å². The number of aliphatic hydroxyl groups excluding tert-OH is 3. The lowest BCUT2D eigenvalue weighted by Gasteiger charge is -2.47. The standard InChI is InChI=1S/C20H39NO6/c1-3-4-5-6-7-8-9-10-11-12-13-20(26)19(21-15(2)23)18(25)17(24)16(14-22)27-20/h16-19,22,24-26H,3-14H2,1-2H3,(H,21,23)/t16-,17-,18+,19-,20-/m1/s1. The fourth-order valence-corrected chi connectivity index (χ4v) is 3.73. The van der Waals surface area contributed by atoms with Gasteiger partial charge in [-0.3, -0.25) is 4.79 Å². The average Bonchev–Trinajstić information content (AvgIpc) is 2.63. The molecule has 0 saturated carbocycles. The molecule has 1 saturated heterocycles. The second kappa shape index (κ2) is 12.7. The second-order valence-corrected chi connectivity index (χ2v) is 7.78. The van der Waals surface area contributed by atoms with E-state index in [0.717, 1.165) is 19.3 Å². The van der Waals surface area contributed by atoms with Crippen molar-refractivity contribution < 1.29 is 30.0 Å². The number of amides is 1. The van der Waals surface area contributed by atoms with Crippen LogP contribution in [0.4, 0.5) is 0 Å². The molecule has 1 aliphatic heterocycles. The van der Waals surface area contributed by atoms with E-state index in [-0.39, 0.29) is 6.42 Å². The monoisotopic (exact) mass is 389 g/mol. The zero-order valence-corrected chi connectivity index (χ0v) is 16.9. The average molecular weight is 390 g/mol. The van der Waals surface area contributed by atoms with Gasteiger partial charge in [0.25, 0.3) is 0 Å². The molecule has 1 aliphatic rings. The van der Waals surface area contributed by atoms with Crippen molar-refractivity contribution in [3.8, 4) is 0 Å². The Morgan fingerprint density at radius 2 is 1.48 bits per heavy atom. The van der Waals surface area contributed by atoms with Crippen LogP contribution in [0.2, 0.25) is 0 Å². The lowest BCUT2D eigenvalue weighted by atomic mass is 9.87. The highest BCUT2D eigenvalue weighted by Gasteiger charge is 2.53. The van der Waals surface area contributed by atoms with Gasteiger partial charge in [0.15, 0.2) is 5.79 Å². The number of nitrogens with one attached hydrogen (secondary N) is 1. The molecular weight excluding hydrogens is 350 g/mol. The van der Waals surface area contributed by atoms with Crippen LogP contribution in [0.1, 0.15) is 84.5 Å². The Balaban J connectivity index is 2.41. The summed E-state index contributed by atoms with van der Waals surface area (Å²) in [4.78, 5) is 11.4. The quantitative estimate of drug-likeness (QED) is 0.305. The topological polar surface area (TPSA) is 119 Å². The molecule has 0 bridgehead atoms. The SMILES string of the molecule is CCCCCCCCCCCC[C@@]1(O)O[C@H](CO)[C@@H](O)[C@H](O)[C@H]1NC(C)=O. The van der Waals surface area contributed by atoms with E-state index in [1.807, 2.05) is 0 Å². The van der Waals surface area contributed by atoms with Gasteiger partial charge in [0.2, 0.25) is 5.91 Å². The maximum Gasteiger partial charge on any atom is 0.217 e. The van der Waals surface area contributed by atoms with Crippen LogP contribution in [0, 0.1) is 0 Å². The number of rotatable bonds is 13. The maximum atomic E-state index is 11.4. The highest BCUT2D eigenvalue weighted by atomic mass is 16.6. The molecule has 1 rings (SSSR count). The van der Waals surface area contributed by atoms with Crippen LogP contribution in [0.25, 0.3) is 0 Å². The van der Waals surface area contributed by atoms with Crippen molar-refractivity contribution in [2.75, 3.05) is 6.61 Å². The summed E-state index contributed by atoms with van der Waals surface area (Å²) in [6.07, 6.45) is 7.80. The molecule has 5 atom stereocenters. The number of unbranched alkanes of at least 4 members (excludes halogenated alkanes) is 9. The molecule has 1 fully saturated rings. The van der Waals surface area contributed by atoms with Gasteiger partial charge < -0.3 is 30.5 Å². The Morgan fingerprint density at radius 1 is 0.963 bits per heavy atom. The lowest BCUT2D eigenvalue weighted by Crippen LogP contribution is -2.70. The molecule has 160 valence electrons. The van der Waals surface area contributed by atoms with Gasteiger partial charge in [-0.2, -0.15) is 0 Å². The van der Waals surface area contributed by atoms with Crippen LogP contribution in [-0.2, 0) is 9.53 Å². The first-order valence-electron chi connectivity index (χ1n) is 10.5. The summed E-state index contributed by atoms with van der Waals surface area (Å²) in [6, 6.07) is -1.13. The summed E-state index contributed by atoms with van der Waals surface area (Å²) < 4.78 is 5.48. The fourth-order valence-electron chi connectivity index (χ4n) is 3.73. The van der Waals surface area contributed by atoms with Crippen molar-refractivity contribution in [1.29, 1.82) is 0 Å². The lowest BCUT2D eigenvalue weighted by molar-refractivity contribution is -0.321. The van der Waals surface area contributed by atoms with E-state index >= 15 is 0 Å². The molecule has 0 radical (unpaired) electrons. The van der Waals surface area contributed by atoms with E-state index in [1.165, 1.54) is 45.4 Å². The first-order chi connectivity index (χ1) is 12.9. The maximum absolute atomic E-state index is 11.4. The number of hydrogen-bond acceptors (Lipinski definition) is 6. The van der Waals surface area contributed by atoms with Gasteiger partial charge in [0, 0.05) is 13.3 Å². The normalized spacial score (nSPS) is 31.0. The van der Waals surface area contributed by atoms with Crippen LogP contribution >= 0.6 is 0 Å². The Bertz CT molecular complexity index is 421. The molecule has 0 aromatic carbocycles. The summed E-state index contributed by atoms with van der Waals surface area (Å²) in [5.41, 5.74) is 0. The fraction of sp³-hybridized carbons (Fsp3) is 0.950. The van der Waals surface area contributed by atoms with Crippen molar-refractivity contribution in [3.05, 3.63) is 0 Å². The highest BCUT2D eigenvalue weighted by Crippen LogP contribution is 2.32. The van der Waals surface area contributed by atoms with E-state index in [4.69, 9.17) is 4.74 Å². The smallest absolute Gasteiger partial charge is 0.217 e. The minimum Gasteiger partial charge on any atom is -0.394 e. The Hall–Kier alpha value is -0.730. The van der Waals surface area contributed by atoms with Crippen LogP contribution in [0.5, 0.6) is 0 Å². The predicted octanol–water partition coefficient (Wildman–Crippen LogP) is 1.60. The van der Waals surface area contributed by atoms with Crippen molar-refractivity contribution >= 4 is 5.91 Å². The molecule has 0 aromatic rings. The van der Waals surface area contributed by atoms with Crippen LogP contribution in [0.3, 0.4) is 0 Å². The molecule has 27 heavy (non-hydrogen) atoms. The van der Waals surface area contributed by atoms with E-state index < -0.39 is 42.7 Å². The van der Waals surface area contributed by atoms with Crippen molar-refractivity contribution in [1.82, 2.24) is 5.32 Å². The molecule has 5 N–H and O–H groups in total. The third-order valence-electron chi connectivity index (χ3n) is 5.34. The second-order valence-electron chi connectivity index (χ2n) is 7.78. The Morgan fingerprint density at radius 3 is 1.96 bits per heavy atom. The summed E-state index contributed by atoms with van der Waals surface area (Å²) in [5, 5.41) is 43.0. The first kappa shape index (κ1) is 24.3. The summed E-state index contributed by atoms with van der Waals surface area (Å²) >= 11 is 0. The molecule has 1 heterocycles. The van der Waals surface area contributed by atoms with E-state index in [0.29, 0.717) is 6.42 Å². The number of ether oxygens (including phenoxy) is 1. The van der Waals surface area contributed by atoms with Crippen LogP contribution in [-0.4, -0.2) is 63.1 Å². The van der Waals surface area contributed by atoms with Gasteiger partial charge in [-0.1, -0.05) is 64.7 Å². The van der Waals surface area contributed by atoms with Crippen molar-refractivity contribution in [2.24, 2.45) is 0 Å².